The van der Waals surface area contributed by atoms with E-state index in [0.717, 1.165) is 6.07 Å². The maximum absolute atomic E-state index is 14.1. The number of nitrogens with one attached hydrogen (secondary N) is 2. The number of methoxy groups -OCH3 is 1. The molecule has 0 aromatic heterocycles. The van der Waals surface area contributed by atoms with Gasteiger partial charge in [-0.15, -0.1) is 0 Å². The van der Waals surface area contributed by atoms with Crippen LogP contribution in [0.25, 0.3) is 0 Å². The Morgan fingerprint density at radius 1 is 1.03 bits per heavy atom. The molecule has 0 radical (unpaired) electrons. The molecule has 3 aromatic rings. The quantitative estimate of drug-likeness (QED) is 0.454. The lowest BCUT2D eigenvalue weighted by atomic mass is 10.2. The lowest BCUT2D eigenvalue weighted by Gasteiger charge is -2.13. The zero-order chi connectivity index (χ0) is 24.0. The number of hydrogen-bond donors (Lipinski definition) is 2. The van der Waals surface area contributed by atoms with Gasteiger partial charge in [0.25, 0.3) is 5.91 Å². The molecule has 10 heteroatoms. The van der Waals surface area contributed by atoms with Gasteiger partial charge in [-0.05, 0) is 55.0 Å². The topological polar surface area (TPSA) is 93.7 Å². The largest absolute Gasteiger partial charge is 0.495 e. The standard InChI is InChI=1S/C23H22ClFN2O5S/c1-3-32-20-11-9-18(13-19(20)25)27-23(28)16-6-10-21(31-2)22(12-16)33(29,30)26-14-15-4-7-17(24)8-5-15/h4-13,26H,3,14H2,1-2H3,(H,27,28). The zero-order valence-corrected chi connectivity index (χ0v) is 19.5. The minimum absolute atomic E-state index is 0.0184. The number of anilines is 1. The summed E-state index contributed by atoms with van der Waals surface area (Å²) in [7, 11) is -2.69. The Bertz CT molecular complexity index is 1250. The molecule has 3 rings (SSSR count). The highest BCUT2D eigenvalue weighted by molar-refractivity contribution is 7.89. The summed E-state index contributed by atoms with van der Waals surface area (Å²) >= 11 is 5.85. The number of hydrogen-bond acceptors (Lipinski definition) is 5. The highest BCUT2D eigenvalue weighted by Gasteiger charge is 2.22. The number of sulfonamides is 1. The van der Waals surface area contributed by atoms with Crippen LogP contribution in [0.4, 0.5) is 10.1 Å². The second kappa shape index (κ2) is 10.7. The lowest BCUT2D eigenvalue weighted by Crippen LogP contribution is -2.24. The van der Waals surface area contributed by atoms with Crippen LogP contribution in [-0.2, 0) is 16.6 Å². The van der Waals surface area contributed by atoms with Crippen molar-refractivity contribution in [3.63, 3.8) is 0 Å². The molecule has 0 aliphatic heterocycles. The van der Waals surface area contributed by atoms with E-state index >= 15 is 0 Å². The van der Waals surface area contributed by atoms with Gasteiger partial charge in [0.05, 0.1) is 13.7 Å². The van der Waals surface area contributed by atoms with Gasteiger partial charge in [0, 0.05) is 28.9 Å². The molecule has 0 saturated heterocycles. The third-order valence-electron chi connectivity index (χ3n) is 4.58. The summed E-state index contributed by atoms with van der Waals surface area (Å²) in [6.45, 7) is 2.05. The molecule has 7 nitrogen and oxygen atoms in total. The Morgan fingerprint density at radius 3 is 2.36 bits per heavy atom. The van der Waals surface area contributed by atoms with Crippen LogP contribution in [0.2, 0.25) is 5.02 Å². The summed E-state index contributed by atoms with van der Waals surface area (Å²) in [5, 5.41) is 3.08. The van der Waals surface area contributed by atoms with Crippen molar-refractivity contribution >= 4 is 33.2 Å². The van der Waals surface area contributed by atoms with Crippen LogP contribution in [0.1, 0.15) is 22.8 Å². The van der Waals surface area contributed by atoms with Crippen LogP contribution >= 0.6 is 11.6 Å². The highest BCUT2D eigenvalue weighted by Crippen LogP contribution is 2.26. The molecular formula is C23H22ClFN2O5S. The van der Waals surface area contributed by atoms with Crippen LogP contribution in [-0.4, -0.2) is 28.0 Å². The van der Waals surface area contributed by atoms with Crippen LogP contribution in [0.3, 0.4) is 0 Å². The molecule has 2 N–H and O–H groups in total. The van der Waals surface area contributed by atoms with E-state index < -0.39 is 21.7 Å². The monoisotopic (exact) mass is 492 g/mol. The summed E-state index contributed by atoms with van der Waals surface area (Å²) < 4.78 is 52.7. The van der Waals surface area contributed by atoms with Gasteiger partial charge in [0.1, 0.15) is 10.6 Å². The SMILES string of the molecule is CCOc1ccc(NC(=O)c2ccc(OC)c(S(=O)(=O)NCc3ccc(Cl)cc3)c2)cc1F. The third kappa shape index (κ3) is 6.22. The van der Waals surface area contributed by atoms with E-state index in [1.165, 1.54) is 37.4 Å². The van der Waals surface area contributed by atoms with E-state index in [9.17, 15) is 17.6 Å². The third-order valence-corrected chi connectivity index (χ3v) is 6.26. The second-order valence-corrected chi connectivity index (χ2v) is 9.02. The first-order valence-electron chi connectivity index (χ1n) is 9.89. The summed E-state index contributed by atoms with van der Waals surface area (Å²) in [5.41, 5.74) is 0.951. The summed E-state index contributed by atoms with van der Waals surface area (Å²) in [6.07, 6.45) is 0. The van der Waals surface area contributed by atoms with Crippen LogP contribution in [0.5, 0.6) is 11.5 Å². The van der Waals surface area contributed by atoms with Crippen molar-refractivity contribution in [3.05, 3.63) is 82.6 Å². The van der Waals surface area contributed by atoms with E-state index in [1.807, 2.05) is 0 Å². The first-order chi connectivity index (χ1) is 15.7. The Kier molecular flexibility index (Phi) is 7.91. The minimum Gasteiger partial charge on any atom is -0.495 e. The molecule has 33 heavy (non-hydrogen) atoms. The van der Waals surface area contributed by atoms with Gasteiger partial charge in [0.15, 0.2) is 11.6 Å². The molecular weight excluding hydrogens is 471 g/mol. The van der Waals surface area contributed by atoms with Crippen molar-refractivity contribution in [1.82, 2.24) is 4.72 Å². The molecule has 0 atom stereocenters. The molecule has 0 aliphatic carbocycles. The molecule has 0 fully saturated rings. The predicted octanol–water partition coefficient (Wildman–Crippen LogP) is 4.62. The van der Waals surface area contributed by atoms with E-state index in [4.69, 9.17) is 21.1 Å². The van der Waals surface area contributed by atoms with E-state index in [1.54, 1.807) is 31.2 Å². The summed E-state index contributed by atoms with van der Waals surface area (Å²) in [5.74, 6) is -1.10. The van der Waals surface area contributed by atoms with E-state index in [2.05, 4.69) is 10.0 Å². The Hall–Kier alpha value is -3.14. The first kappa shape index (κ1) is 24.5. The Labute approximate surface area is 196 Å². The smallest absolute Gasteiger partial charge is 0.255 e. The van der Waals surface area contributed by atoms with Crippen molar-refractivity contribution in [2.24, 2.45) is 0 Å². The zero-order valence-electron chi connectivity index (χ0n) is 17.9. The normalized spacial score (nSPS) is 11.2. The highest BCUT2D eigenvalue weighted by atomic mass is 35.5. The number of rotatable bonds is 9. The fraction of sp³-hybridized carbons (Fsp3) is 0.174. The number of halogens is 2. The molecule has 3 aromatic carbocycles. The Balaban J connectivity index is 1.81. The molecule has 0 unspecified atom stereocenters. The summed E-state index contributed by atoms with van der Waals surface area (Å²) in [4.78, 5) is 12.5. The molecule has 1 amide bonds. The molecule has 0 bridgehead atoms. The van der Waals surface area contributed by atoms with Crippen molar-refractivity contribution in [2.45, 2.75) is 18.4 Å². The van der Waals surface area contributed by atoms with Crippen molar-refractivity contribution in [3.8, 4) is 11.5 Å². The molecule has 0 aliphatic rings. The van der Waals surface area contributed by atoms with Crippen LogP contribution in [0.15, 0.2) is 65.6 Å². The molecule has 0 spiro atoms. The van der Waals surface area contributed by atoms with E-state index in [0.29, 0.717) is 17.2 Å². The molecule has 174 valence electrons. The second-order valence-electron chi connectivity index (χ2n) is 6.85. The van der Waals surface area contributed by atoms with Gasteiger partial charge < -0.3 is 14.8 Å². The van der Waals surface area contributed by atoms with Crippen LogP contribution in [0, 0.1) is 5.82 Å². The first-order valence-corrected chi connectivity index (χ1v) is 11.8. The van der Waals surface area contributed by atoms with Crippen molar-refractivity contribution in [1.29, 1.82) is 0 Å². The fourth-order valence-electron chi connectivity index (χ4n) is 2.94. The number of ether oxygens (including phenoxy) is 2. The van der Waals surface area contributed by atoms with Gasteiger partial charge >= 0.3 is 0 Å². The number of benzene rings is 3. The van der Waals surface area contributed by atoms with Gasteiger partial charge in [-0.2, -0.15) is 0 Å². The summed E-state index contributed by atoms with van der Waals surface area (Å²) in [6, 6.07) is 14.7. The van der Waals surface area contributed by atoms with Gasteiger partial charge in [-0.3, -0.25) is 4.79 Å². The maximum atomic E-state index is 14.1. The molecule has 0 saturated carbocycles. The van der Waals surface area contributed by atoms with Gasteiger partial charge in [0.2, 0.25) is 10.0 Å². The number of amides is 1. The maximum Gasteiger partial charge on any atom is 0.255 e. The minimum atomic E-state index is -4.02. The van der Waals surface area contributed by atoms with Gasteiger partial charge in [-0.1, -0.05) is 23.7 Å². The lowest BCUT2D eigenvalue weighted by molar-refractivity contribution is 0.102. The van der Waals surface area contributed by atoms with Crippen molar-refractivity contribution in [2.75, 3.05) is 19.0 Å². The van der Waals surface area contributed by atoms with Gasteiger partial charge in [-0.25, -0.2) is 17.5 Å². The predicted molar refractivity (Wildman–Crippen MR) is 124 cm³/mol. The number of carbonyl (C=O) groups is 1. The van der Waals surface area contributed by atoms with Crippen LogP contribution < -0.4 is 19.5 Å². The average Bonchev–Trinajstić information content (AvgIpc) is 2.80. The fourth-order valence-corrected chi connectivity index (χ4v) is 4.28. The van der Waals surface area contributed by atoms with Crippen molar-refractivity contribution < 1.29 is 27.1 Å². The average molecular weight is 493 g/mol. The molecule has 0 heterocycles. The van der Waals surface area contributed by atoms with E-state index in [-0.39, 0.29) is 34.2 Å². The number of carbonyl (C=O) groups excluding carboxylic acids is 1. The Morgan fingerprint density at radius 2 is 1.73 bits per heavy atom.